The van der Waals surface area contributed by atoms with Crippen molar-refractivity contribution in [2.45, 2.75) is 37.8 Å². The quantitative estimate of drug-likeness (QED) is 0.788. The fourth-order valence-corrected chi connectivity index (χ4v) is 4.42. The summed E-state index contributed by atoms with van der Waals surface area (Å²) in [5, 5.41) is 0. The van der Waals surface area contributed by atoms with Crippen molar-refractivity contribution in [2.24, 2.45) is 0 Å². The number of sulfonamides is 1. The van der Waals surface area contributed by atoms with Gasteiger partial charge in [0, 0.05) is 12.6 Å². The number of esters is 1. The Labute approximate surface area is 131 Å². The summed E-state index contributed by atoms with van der Waals surface area (Å²) in [6, 6.07) is 4.25. The third-order valence-corrected chi connectivity index (χ3v) is 5.87. The Morgan fingerprint density at radius 2 is 2.05 bits per heavy atom. The zero-order valence-corrected chi connectivity index (χ0v) is 14.0. The Hall–Kier alpha value is -1.44. The first-order chi connectivity index (χ1) is 10.3. The van der Waals surface area contributed by atoms with E-state index in [0.717, 1.165) is 0 Å². The second-order valence-corrected chi connectivity index (χ2v) is 7.40. The van der Waals surface area contributed by atoms with Crippen LogP contribution in [-0.2, 0) is 19.5 Å². The van der Waals surface area contributed by atoms with Gasteiger partial charge in [-0.05, 0) is 44.5 Å². The molecule has 0 spiro atoms. The van der Waals surface area contributed by atoms with E-state index >= 15 is 0 Å². The minimum absolute atomic E-state index is 0.138. The molecule has 122 valence electrons. The van der Waals surface area contributed by atoms with Gasteiger partial charge in [-0.2, -0.15) is 4.31 Å². The zero-order valence-electron chi connectivity index (χ0n) is 13.2. The van der Waals surface area contributed by atoms with E-state index in [1.54, 1.807) is 6.92 Å². The van der Waals surface area contributed by atoms with Gasteiger partial charge < -0.3 is 9.47 Å². The van der Waals surface area contributed by atoms with Crippen molar-refractivity contribution < 1.29 is 22.7 Å². The maximum absolute atomic E-state index is 12.9. The van der Waals surface area contributed by atoms with Gasteiger partial charge in [-0.1, -0.05) is 0 Å². The highest BCUT2D eigenvalue weighted by atomic mass is 32.2. The Morgan fingerprint density at radius 1 is 1.36 bits per heavy atom. The van der Waals surface area contributed by atoms with Crippen LogP contribution in [0.3, 0.4) is 0 Å². The Balaban J connectivity index is 2.39. The lowest BCUT2D eigenvalue weighted by molar-refractivity contribution is -0.0170. The number of aryl methyl sites for hydroxylation is 1. The van der Waals surface area contributed by atoms with Crippen LogP contribution in [0.15, 0.2) is 23.1 Å². The van der Waals surface area contributed by atoms with Crippen molar-refractivity contribution in [3.05, 3.63) is 29.3 Å². The van der Waals surface area contributed by atoms with E-state index in [4.69, 9.17) is 4.74 Å². The van der Waals surface area contributed by atoms with Crippen LogP contribution in [0.4, 0.5) is 0 Å². The van der Waals surface area contributed by atoms with Crippen molar-refractivity contribution >= 4 is 16.0 Å². The van der Waals surface area contributed by atoms with Gasteiger partial charge in [0.25, 0.3) is 0 Å². The van der Waals surface area contributed by atoms with Crippen LogP contribution in [0.25, 0.3) is 0 Å². The highest BCUT2D eigenvalue weighted by molar-refractivity contribution is 7.89. The summed E-state index contributed by atoms with van der Waals surface area (Å²) < 4.78 is 37.3. The predicted octanol–water partition coefficient (Wildman–Crippen LogP) is 1.58. The summed E-state index contributed by atoms with van der Waals surface area (Å²) in [5.41, 5.74) is 0.858. The second kappa shape index (κ2) is 6.36. The third-order valence-electron chi connectivity index (χ3n) is 3.73. The summed E-state index contributed by atoms with van der Waals surface area (Å²) in [6.07, 6.45) is -0.138. The number of ether oxygens (including phenoxy) is 2. The first-order valence-corrected chi connectivity index (χ1v) is 8.53. The minimum Gasteiger partial charge on any atom is -0.465 e. The van der Waals surface area contributed by atoms with Crippen LogP contribution in [-0.4, -0.2) is 51.1 Å². The number of carbonyl (C=O) groups is 1. The van der Waals surface area contributed by atoms with Gasteiger partial charge in [-0.3, -0.25) is 0 Å². The monoisotopic (exact) mass is 327 g/mol. The molecule has 0 saturated carbocycles. The van der Waals surface area contributed by atoms with E-state index in [1.165, 1.54) is 29.6 Å². The molecule has 0 amide bonds. The van der Waals surface area contributed by atoms with Gasteiger partial charge in [0.15, 0.2) is 0 Å². The van der Waals surface area contributed by atoms with Crippen molar-refractivity contribution in [2.75, 3.05) is 20.3 Å². The predicted molar refractivity (Wildman–Crippen MR) is 81.3 cm³/mol. The van der Waals surface area contributed by atoms with E-state index in [1.807, 2.05) is 13.8 Å². The Bertz CT molecular complexity index is 671. The molecule has 0 aliphatic carbocycles. The molecule has 1 heterocycles. The Kier molecular flexibility index (Phi) is 4.89. The SMILES string of the molecule is COC(=O)c1ccc(S(=O)(=O)N2C[C@H](C)OC[C@@H]2C)c(C)c1. The number of methoxy groups -OCH3 is 1. The summed E-state index contributed by atoms with van der Waals surface area (Å²) in [5.74, 6) is -0.486. The summed E-state index contributed by atoms with van der Waals surface area (Å²) in [7, 11) is -2.33. The van der Waals surface area contributed by atoms with Gasteiger partial charge in [0.2, 0.25) is 10.0 Å². The molecule has 7 heteroatoms. The largest absolute Gasteiger partial charge is 0.465 e. The molecule has 1 aromatic carbocycles. The van der Waals surface area contributed by atoms with Crippen LogP contribution >= 0.6 is 0 Å². The lowest BCUT2D eigenvalue weighted by Gasteiger charge is -2.36. The molecule has 1 aromatic rings. The first-order valence-electron chi connectivity index (χ1n) is 7.09. The van der Waals surface area contributed by atoms with E-state index in [2.05, 4.69) is 4.74 Å². The van der Waals surface area contributed by atoms with Crippen molar-refractivity contribution in [3.63, 3.8) is 0 Å². The van der Waals surface area contributed by atoms with Gasteiger partial charge in [0.05, 0.1) is 30.3 Å². The number of hydrogen-bond donors (Lipinski definition) is 0. The normalized spacial score (nSPS) is 23.3. The van der Waals surface area contributed by atoms with E-state index < -0.39 is 16.0 Å². The summed E-state index contributed by atoms with van der Waals surface area (Å²) in [6.45, 7) is 6.04. The average Bonchev–Trinajstić information content (AvgIpc) is 2.48. The average molecular weight is 327 g/mol. The standard InChI is InChI=1S/C15H21NO5S/c1-10-7-13(15(17)20-4)5-6-14(10)22(18,19)16-8-12(3)21-9-11(16)2/h5-7,11-12H,8-9H2,1-4H3/t11-,12-/m0/s1. The molecule has 0 aromatic heterocycles. The minimum atomic E-state index is -3.62. The van der Waals surface area contributed by atoms with Crippen LogP contribution < -0.4 is 0 Å². The topological polar surface area (TPSA) is 72.9 Å². The Morgan fingerprint density at radius 3 is 2.64 bits per heavy atom. The number of benzene rings is 1. The van der Waals surface area contributed by atoms with E-state index in [-0.39, 0.29) is 17.0 Å². The first kappa shape index (κ1) is 16.9. The molecule has 6 nitrogen and oxygen atoms in total. The van der Waals surface area contributed by atoms with Crippen LogP contribution in [0.2, 0.25) is 0 Å². The summed E-state index contributed by atoms with van der Waals surface area (Å²) >= 11 is 0. The second-order valence-electron chi connectivity index (χ2n) is 5.54. The number of nitrogens with zero attached hydrogens (tertiary/aromatic N) is 1. The molecule has 1 aliphatic heterocycles. The fourth-order valence-electron chi connectivity index (χ4n) is 2.52. The van der Waals surface area contributed by atoms with Crippen LogP contribution in [0.1, 0.15) is 29.8 Å². The highest BCUT2D eigenvalue weighted by Crippen LogP contribution is 2.25. The molecule has 22 heavy (non-hydrogen) atoms. The molecular weight excluding hydrogens is 306 g/mol. The molecule has 0 radical (unpaired) electrons. The maximum Gasteiger partial charge on any atom is 0.337 e. The van der Waals surface area contributed by atoms with Crippen molar-refractivity contribution in [1.82, 2.24) is 4.31 Å². The lowest BCUT2D eigenvalue weighted by atomic mass is 10.1. The van der Waals surface area contributed by atoms with Gasteiger partial charge in [0.1, 0.15) is 0 Å². The smallest absolute Gasteiger partial charge is 0.337 e. The van der Waals surface area contributed by atoms with Gasteiger partial charge in [-0.15, -0.1) is 0 Å². The zero-order chi connectivity index (χ0) is 16.5. The van der Waals surface area contributed by atoms with Crippen molar-refractivity contribution in [1.29, 1.82) is 0 Å². The molecule has 1 fully saturated rings. The van der Waals surface area contributed by atoms with Crippen LogP contribution in [0.5, 0.6) is 0 Å². The third kappa shape index (κ3) is 3.16. The molecule has 2 atom stereocenters. The van der Waals surface area contributed by atoms with E-state index in [9.17, 15) is 13.2 Å². The fraction of sp³-hybridized carbons (Fsp3) is 0.533. The summed E-state index contributed by atoms with van der Waals surface area (Å²) in [4.78, 5) is 11.7. The lowest BCUT2D eigenvalue weighted by Crippen LogP contribution is -2.50. The molecule has 0 bridgehead atoms. The number of morpholine rings is 1. The molecular formula is C15H21NO5S. The molecule has 1 aliphatic rings. The van der Waals surface area contributed by atoms with Gasteiger partial charge in [-0.25, -0.2) is 13.2 Å². The van der Waals surface area contributed by atoms with Gasteiger partial charge >= 0.3 is 5.97 Å². The van der Waals surface area contributed by atoms with E-state index in [0.29, 0.717) is 24.3 Å². The molecule has 1 saturated heterocycles. The molecule has 0 N–H and O–H groups in total. The molecule has 2 rings (SSSR count). The molecule has 0 unspecified atom stereocenters. The van der Waals surface area contributed by atoms with Crippen LogP contribution in [0, 0.1) is 6.92 Å². The maximum atomic E-state index is 12.9. The number of hydrogen-bond acceptors (Lipinski definition) is 5. The van der Waals surface area contributed by atoms with Crippen molar-refractivity contribution in [3.8, 4) is 0 Å². The number of carbonyl (C=O) groups excluding carboxylic acids is 1. The highest BCUT2D eigenvalue weighted by Gasteiger charge is 2.35. The number of rotatable bonds is 3.